The number of nitrogens with zero attached hydrogens (tertiary/aromatic N) is 1. The summed E-state index contributed by atoms with van der Waals surface area (Å²) in [5.74, 6) is -0.722. The van der Waals surface area contributed by atoms with Crippen LogP contribution in [-0.2, 0) is 0 Å². The van der Waals surface area contributed by atoms with E-state index in [0.29, 0.717) is 5.12 Å². The van der Waals surface area contributed by atoms with Crippen LogP contribution in [0, 0.1) is 5.92 Å². The van der Waals surface area contributed by atoms with Crippen LogP contribution in [0.5, 0.6) is 0 Å². The predicted octanol–water partition coefficient (Wildman–Crippen LogP) is 1.07. The van der Waals surface area contributed by atoms with Crippen molar-refractivity contribution in [2.24, 2.45) is 5.92 Å². The molecule has 0 aromatic heterocycles. The normalized spacial score (nSPS) is 24.0. The van der Waals surface area contributed by atoms with E-state index in [4.69, 9.17) is 0 Å². The molecule has 1 rings (SSSR count). The second kappa shape index (κ2) is 1.93. The second-order valence-electron chi connectivity index (χ2n) is 1.92. The largest absolute Gasteiger partial charge is 0.244 e. The van der Waals surface area contributed by atoms with Crippen molar-refractivity contribution in [3.63, 3.8) is 0 Å². The monoisotopic (exact) mass is 125 g/mol. The summed E-state index contributed by atoms with van der Waals surface area (Å²) in [5.41, 5.74) is 0. The van der Waals surface area contributed by atoms with E-state index in [1.807, 2.05) is 0 Å². The standard InChI is InChI=1S/C4H6F3N/c5-4(6)3-1-8(7)2-3/h3-4H,1-2H2. The van der Waals surface area contributed by atoms with Crippen molar-refractivity contribution >= 4 is 0 Å². The molecule has 0 saturated carbocycles. The van der Waals surface area contributed by atoms with Crippen molar-refractivity contribution in [2.75, 3.05) is 13.1 Å². The lowest BCUT2D eigenvalue weighted by Gasteiger charge is -2.30. The number of hydrogen-bond donors (Lipinski definition) is 0. The van der Waals surface area contributed by atoms with Gasteiger partial charge in [0.05, 0.1) is 5.92 Å². The summed E-state index contributed by atoms with van der Waals surface area (Å²) in [6.07, 6.45) is -2.35. The van der Waals surface area contributed by atoms with Crippen molar-refractivity contribution in [2.45, 2.75) is 6.43 Å². The molecule has 0 aromatic carbocycles. The maximum absolute atomic E-state index is 11.6. The zero-order chi connectivity index (χ0) is 6.15. The van der Waals surface area contributed by atoms with Gasteiger partial charge in [-0.25, -0.2) is 8.78 Å². The summed E-state index contributed by atoms with van der Waals surface area (Å²) in [7, 11) is 0. The van der Waals surface area contributed by atoms with Gasteiger partial charge in [0.25, 0.3) is 0 Å². The Morgan fingerprint density at radius 2 is 1.88 bits per heavy atom. The molecule has 0 N–H and O–H groups in total. The maximum Gasteiger partial charge on any atom is 0.244 e. The molecule has 1 saturated heterocycles. The molecule has 0 aromatic rings. The highest BCUT2D eigenvalue weighted by molar-refractivity contribution is 4.75. The zero-order valence-corrected chi connectivity index (χ0v) is 4.15. The summed E-state index contributed by atoms with van der Waals surface area (Å²) in [5, 5.41) is 0.386. The van der Waals surface area contributed by atoms with Gasteiger partial charge in [-0.3, -0.25) is 0 Å². The Morgan fingerprint density at radius 3 is 2.00 bits per heavy atom. The number of rotatable bonds is 1. The van der Waals surface area contributed by atoms with Gasteiger partial charge in [-0.05, 0) is 0 Å². The fourth-order valence-corrected chi connectivity index (χ4v) is 0.615. The zero-order valence-electron chi connectivity index (χ0n) is 4.15. The Bertz CT molecular complexity index is 79.4. The molecule has 4 heteroatoms. The molecular weight excluding hydrogens is 119 g/mol. The van der Waals surface area contributed by atoms with E-state index in [9.17, 15) is 13.3 Å². The van der Waals surface area contributed by atoms with Crippen molar-refractivity contribution in [1.82, 2.24) is 5.12 Å². The van der Waals surface area contributed by atoms with Crippen LogP contribution in [0.4, 0.5) is 13.3 Å². The van der Waals surface area contributed by atoms with Crippen molar-refractivity contribution in [1.29, 1.82) is 0 Å². The fourth-order valence-electron chi connectivity index (χ4n) is 0.615. The third-order valence-corrected chi connectivity index (χ3v) is 1.22. The molecule has 1 aliphatic heterocycles. The molecule has 0 amide bonds. The second-order valence-corrected chi connectivity index (χ2v) is 1.92. The summed E-state index contributed by atoms with van der Waals surface area (Å²) in [4.78, 5) is 0. The maximum atomic E-state index is 11.6. The first-order valence-electron chi connectivity index (χ1n) is 2.39. The molecule has 1 fully saturated rings. The highest BCUT2D eigenvalue weighted by Gasteiger charge is 2.33. The lowest BCUT2D eigenvalue weighted by atomic mass is 10.1. The van der Waals surface area contributed by atoms with Crippen LogP contribution in [-0.4, -0.2) is 24.6 Å². The molecule has 8 heavy (non-hydrogen) atoms. The SMILES string of the molecule is FC(F)C1CN(F)C1. The third kappa shape index (κ3) is 0.940. The molecule has 0 aliphatic carbocycles. The topological polar surface area (TPSA) is 3.24 Å². The number of hydrogen-bond acceptors (Lipinski definition) is 1. The van der Waals surface area contributed by atoms with Crippen LogP contribution in [0.25, 0.3) is 0 Å². The summed E-state index contributed by atoms with van der Waals surface area (Å²) < 4.78 is 34.5. The first-order chi connectivity index (χ1) is 3.70. The van der Waals surface area contributed by atoms with E-state index in [0.717, 1.165) is 0 Å². The third-order valence-electron chi connectivity index (χ3n) is 1.22. The highest BCUT2D eigenvalue weighted by Crippen LogP contribution is 2.21. The first kappa shape index (κ1) is 5.88. The molecule has 1 aliphatic rings. The molecule has 1 heterocycles. The van der Waals surface area contributed by atoms with Crippen LogP contribution in [0.1, 0.15) is 0 Å². The molecule has 0 unspecified atom stereocenters. The molecule has 0 spiro atoms. The molecule has 1 nitrogen and oxygen atoms in total. The molecule has 0 atom stereocenters. The van der Waals surface area contributed by atoms with Gasteiger partial charge >= 0.3 is 0 Å². The summed E-state index contributed by atoms with van der Waals surface area (Å²) in [6.45, 7) is -0.199. The van der Waals surface area contributed by atoms with Gasteiger partial charge in [-0.2, -0.15) is 0 Å². The van der Waals surface area contributed by atoms with E-state index >= 15 is 0 Å². The minimum absolute atomic E-state index is 0.0995. The average Bonchev–Trinajstić information content (AvgIpc) is 1.57. The van der Waals surface area contributed by atoms with Gasteiger partial charge in [-0.1, -0.05) is 0 Å². The summed E-state index contributed by atoms with van der Waals surface area (Å²) in [6, 6.07) is 0. The van der Waals surface area contributed by atoms with Gasteiger partial charge in [0.15, 0.2) is 0 Å². The van der Waals surface area contributed by atoms with Gasteiger partial charge in [0.2, 0.25) is 6.43 Å². The van der Waals surface area contributed by atoms with Crippen molar-refractivity contribution in [3.8, 4) is 0 Å². The van der Waals surface area contributed by atoms with Crippen LogP contribution < -0.4 is 0 Å². The minimum atomic E-state index is -2.35. The average molecular weight is 125 g/mol. The van der Waals surface area contributed by atoms with E-state index in [2.05, 4.69) is 0 Å². The van der Waals surface area contributed by atoms with Gasteiger partial charge in [0, 0.05) is 13.1 Å². The predicted molar refractivity (Wildman–Crippen MR) is 22.2 cm³/mol. The van der Waals surface area contributed by atoms with Crippen LogP contribution in [0.15, 0.2) is 0 Å². The smallest absolute Gasteiger partial charge is 0.210 e. The van der Waals surface area contributed by atoms with Crippen molar-refractivity contribution < 1.29 is 13.3 Å². The fraction of sp³-hybridized carbons (Fsp3) is 1.00. The molecule has 0 radical (unpaired) electrons. The quantitative estimate of drug-likeness (QED) is 0.474. The summed E-state index contributed by atoms with van der Waals surface area (Å²) >= 11 is 0. The van der Waals surface area contributed by atoms with Crippen LogP contribution >= 0.6 is 0 Å². The molecule has 48 valence electrons. The minimum Gasteiger partial charge on any atom is -0.210 e. The lowest BCUT2D eigenvalue weighted by Crippen LogP contribution is -2.44. The Morgan fingerprint density at radius 1 is 1.38 bits per heavy atom. The Kier molecular flexibility index (Phi) is 1.42. The van der Waals surface area contributed by atoms with Gasteiger partial charge in [-0.15, -0.1) is 9.60 Å². The first-order valence-corrected chi connectivity index (χ1v) is 2.39. The Labute approximate surface area is 45.0 Å². The molecule has 0 bridgehead atoms. The Balaban J connectivity index is 2.15. The van der Waals surface area contributed by atoms with Gasteiger partial charge in [0.1, 0.15) is 0 Å². The lowest BCUT2D eigenvalue weighted by molar-refractivity contribution is -0.124. The van der Waals surface area contributed by atoms with E-state index in [-0.39, 0.29) is 13.1 Å². The van der Waals surface area contributed by atoms with Crippen molar-refractivity contribution in [3.05, 3.63) is 0 Å². The highest BCUT2D eigenvalue weighted by atomic mass is 19.3. The number of halogens is 3. The van der Waals surface area contributed by atoms with E-state index < -0.39 is 12.3 Å². The number of alkyl halides is 2. The van der Waals surface area contributed by atoms with E-state index in [1.165, 1.54) is 0 Å². The Hall–Kier alpha value is -0.250. The van der Waals surface area contributed by atoms with E-state index in [1.54, 1.807) is 0 Å². The van der Waals surface area contributed by atoms with Crippen LogP contribution in [0.2, 0.25) is 0 Å². The van der Waals surface area contributed by atoms with Gasteiger partial charge < -0.3 is 0 Å². The molecular formula is C4H6F3N. The van der Waals surface area contributed by atoms with Crippen LogP contribution in [0.3, 0.4) is 0 Å².